The van der Waals surface area contributed by atoms with Crippen molar-refractivity contribution in [2.24, 2.45) is 0 Å². The Balaban J connectivity index is 1.03. The van der Waals surface area contributed by atoms with E-state index in [4.69, 9.17) is 0 Å². The molecular formula is C64H43N. The molecule has 12 aromatic rings. The van der Waals surface area contributed by atoms with Gasteiger partial charge in [0.2, 0.25) is 0 Å². The van der Waals surface area contributed by atoms with Crippen LogP contribution in [0.2, 0.25) is 0 Å². The summed E-state index contributed by atoms with van der Waals surface area (Å²) in [7, 11) is 0. The van der Waals surface area contributed by atoms with Crippen molar-refractivity contribution in [3.8, 4) is 55.6 Å². The third kappa shape index (κ3) is 7.20. The van der Waals surface area contributed by atoms with Crippen LogP contribution in [0.3, 0.4) is 0 Å². The molecule has 0 amide bonds. The Morgan fingerprint density at radius 3 is 1.45 bits per heavy atom. The number of anilines is 3. The van der Waals surface area contributed by atoms with Crippen LogP contribution in [-0.4, -0.2) is 0 Å². The Morgan fingerprint density at radius 1 is 0.200 bits per heavy atom. The minimum Gasteiger partial charge on any atom is -0.310 e. The minimum atomic E-state index is 1.08. The summed E-state index contributed by atoms with van der Waals surface area (Å²) < 4.78 is 0. The van der Waals surface area contributed by atoms with E-state index < -0.39 is 0 Å². The highest BCUT2D eigenvalue weighted by molar-refractivity contribution is 6.23. The Kier molecular flexibility index (Phi) is 9.58. The standard InChI is InChI=1S/C64H43N/c1-3-15-44(16-4-1)51-23-14-25-58(40-51)65(57-35-33-47(34-36-57)52-31-29-46-19-7-8-21-49(46)37-52)59-41-55(45-17-5-2-6-18-45)39-56(42-59)50-22-13-24-53(38-50)63-43-54-32-30-48-20-9-10-26-60(48)64(54)62-28-12-11-27-61(62)63/h1-43H. The highest BCUT2D eigenvalue weighted by Gasteiger charge is 2.18. The van der Waals surface area contributed by atoms with Crippen molar-refractivity contribution in [1.29, 1.82) is 0 Å². The maximum absolute atomic E-state index is 2.41. The number of hydrogen-bond donors (Lipinski definition) is 0. The molecule has 0 saturated carbocycles. The first kappa shape index (κ1) is 38.2. The summed E-state index contributed by atoms with van der Waals surface area (Å²) in [5.41, 5.74) is 15.1. The molecule has 0 aliphatic carbocycles. The molecular weight excluding hydrogens is 783 g/mol. The van der Waals surface area contributed by atoms with Crippen molar-refractivity contribution in [2.45, 2.75) is 0 Å². The zero-order chi connectivity index (χ0) is 43.1. The van der Waals surface area contributed by atoms with Gasteiger partial charge >= 0.3 is 0 Å². The molecule has 0 N–H and O–H groups in total. The monoisotopic (exact) mass is 825 g/mol. The molecule has 304 valence electrons. The highest BCUT2D eigenvalue weighted by atomic mass is 15.1. The van der Waals surface area contributed by atoms with Gasteiger partial charge in [-0.25, -0.2) is 0 Å². The van der Waals surface area contributed by atoms with Gasteiger partial charge in [-0.05, 0) is 159 Å². The second-order valence-electron chi connectivity index (χ2n) is 16.9. The van der Waals surface area contributed by atoms with Gasteiger partial charge in [-0.3, -0.25) is 0 Å². The molecule has 0 unspecified atom stereocenters. The Hall–Kier alpha value is -8.52. The van der Waals surface area contributed by atoms with Gasteiger partial charge < -0.3 is 4.90 Å². The average Bonchev–Trinajstić information content (AvgIpc) is 3.39. The molecule has 0 fully saturated rings. The van der Waals surface area contributed by atoms with Crippen LogP contribution in [0.5, 0.6) is 0 Å². The topological polar surface area (TPSA) is 3.24 Å². The molecule has 12 rings (SSSR count). The quantitative estimate of drug-likeness (QED) is 0.138. The molecule has 1 heteroatoms. The third-order valence-corrected chi connectivity index (χ3v) is 13.0. The zero-order valence-electron chi connectivity index (χ0n) is 35.8. The van der Waals surface area contributed by atoms with Crippen LogP contribution in [-0.2, 0) is 0 Å². The number of rotatable bonds is 8. The fraction of sp³-hybridized carbons (Fsp3) is 0. The number of benzene rings is 12. The fourth-order valence-electron chi connectivity index (χ4n) is 9.76. The van der Waals surface area contributed by atoms with Gasteiger partial charge in [0, 0.05) is 17.1 Å². The summed E-state index contributed by atoms with van der Waals surface area (Å²) in [5, 5.41) is 10.1. The van der Waals surface area contributed by atoms with E-state index in [2.05, 4.69) is 266 Å². The van der Waals surface area contributed by atoms with Crippen LogP contribution in [0.25, 0.3) is 98.7 Å². The molecule has 65 heavy (non-hydrogen) atoms. The van der Waals surface area contributed by atoms with Crippen LogP contribution in [0.4, 0.5) is 17.1 Å². The van der Waals surface area contributed by atoms with Crippen LogP contribution in [0.1, 0.15) is 0 Å². The molecule has 0 aliphatic heterocycles. The summed E-state index contributed by atoms with van der Waals surface area (Å²) in [6.45, 7) is 0. The largest absolute Gasteiger partial charge is 0.310 e. The van der Waals surface area contributed by atoms with Crippen molar-refractivity contribution in [1.82, 2.24) is 0 Å². The van der Waals surface area contributed by atoms with Crippen molar-refractivity contribution < 1.29 is 0 Å². The Bertz CT molecular complexity index is 3700. The van der Waals surface area contributed by atoms with Gasteiger partial charge in [0.1, 0.15) is 0 Å². The maximum atomic E-state index is 2.41. The second-order valence-corrected chi connectivity index (χ2v) is 16.9. The van der Waals surface area contributed by atoms with E-state index in [1.165, 1.54) is 82.0 Å². The van der Waals surface area contributed by atoms with Gasteiger partial charge in [-0.1, -0.05) is 200 Å². The van der Waals surface area contributed by atoms with Crippen molar-refractivity contribution in [3.05, 3.63) is 261 Å². The van der Waals surface area contributed by atoms with Crippen molar-refractivity contribution >= 4 is 60.2 Å². The van der Waals surface area contributed by atoms with E-state index in [1.807, 2.05) is 0 Å². The number of fused-ring (bicyclic) bond motifs is 6. The molecule has 0 radical (unpaired) electrons. The van der Waals surface area contributed by atoms with Gasteiger partial charge in [0.05, 0.1) is 0 Å². The van der Waals surface area contributed by atoms with Crippen LogP contribution in [0.15, 0.2) is 261 Å². The summed E-state index contributed by atoms with van der Waals surface area (Å²) in [6.07, 6.45) is 0. The van der Waals surface area contributed by atoms with Crippen LogP contribution < -0.4 is 4.90 Å². The van der Waals surface area contributed by atoms with E-state index in [0.717, 1.165) is 33.8 Å². The van der Waals surface area contributed by atoms with E-state index in [1.54, 1.807) is 0 Å². The first-order valence-electron chi connectivity index (χ1n) is 22.4. The molecule has 0 aromatic heterocycles. The average molecular weight is 826 g/mol. The molecule has 12 aromatic carbocycles. The molecule has 0 spiro atoms. The van der Waals surface area contributed by atoms with Gasteiger partial charge in [0.15, 0.2) is 0 Å². The lowest BCUT2D eigenvalue weighted by molar-refractivity contribution is 1.28. The summed E-state index contributed by atoms with van der Waals surface area (Å²) in [5.74, 6) is 0. The van der Waals surface area contributed by atoms with Gasteiger partial charge in [-0.2, -0.15) is 0 Å². The zero-order valence-corrected chi connectivity index (χ0v) is 35.8. The van der Waals surface area contributed by atoms with Crippen molar-refractivity contribution in [2.75, 3.05) is 4.90 Å². The van der Waals surface area contributed by atoms with E-state index in [-0.39, 0.29) is 0 Å². The number of nitrogens with zero attached hydrogens (tertiary/aromatic N) is 1. The molecule has 1 nitrogen and oxygen atoms in total. The minimum absolute atomic E-state index is 1.08. The fourth-order valence-corrected chi connectivity index (χ4v) is 9.76. The summed E-state index contributed by atoms with van der Waals surface area (Å²) in [6, 6.07) is 95.4. The van der Waals surface area contributed by atoms with Crippen molar-refractivity contribution in [3.63, 3.8) is 0 Å². The molecule has 0 aliphatic rings. The van der Waals surface area contributed by atoms with E-state index in [0.29, 0.717) is 0 Å². The van der Waals surface area contributed by atoms with Gasteiger partial charge in [-0.15, -0.1) is 0 Å². The normalized spacial score (nSPS) is 11.4. The highest BCUT2D eigenvalue weighted by Crippen LogP contribution is 2.43. The summed E-state index contributed by atoms with van der Waals surface area (Å²) >= 11 is 0. The SMILES string of the molecule is c1ccc(-c2cccc(N(c3ccc(-c4ccc5ccccc5c4)cc3)c3cc(-c4ccccc4)cc(-c4cccc(-c5cc6ccc7ccccc7c6c6ccccc56)c4)c3)c2)cc1. The first-order chi connectivity index (χ1) is 32.2. The third-order valence-electron chi connectivity index (χ3n) is 13.0. The van der Waals surface area contributed by atoms with Gasteiger partial charge in [0.25, 0.3) is 0 Å². The lowest BCUT2D eigenvalue weighted by Crippen LogP contribution is -2.10. The predicted octanol–water partition coefficient (Wildman–Crippen LogP) is 18.1. The Morgan fingerprint density at radius 2 is 0.677 bits per heavy atom. The lowest BCUT2D eigenvalue weighted by atomic mass is 9.89. The predicted molar refractivity (Wildman–Crippen MR) is 278 cm³/mol. The molecule has 0 atom stereocenters. The van der Waals surface area contributed by atoms with Crippen LogP contribution >= 0.6 is 0 Å². The number of hydrogen-bond acceptors (Lipinski definition) is 1. The summed E-state index contributed by atoms with van der Waals surface area (Å²) in [4.78, 5) is 2.41. The Labute approximate surface area is 379 Å². The van der Waals surface area contributed by atoms with E-state index in [9.17, 15) is 0 Å². The maximum Gasteiger partial charge on any atom is 0.0473 e. The smallest absolute Gasteiger partial charge is 0.0473 e. The first-order valence-corrected chi connectivity index (χ1v) is 22.4. The molecule has 0 bridgehead atoms. The van der Waals surface area contributed by atoms with E-state index >= 15 is 0 Å². The van der Waals surface area contributed by atoms with Crippen LogP contribution in [0, 0.1) is 0 Å². The lowest BCUT2D eigenvalue weighted by Gasteiger charge is -2.27. The molecule has 0 saturated heterocycles. The second kappa shape index (κ2) is 16.3. The molecule has 0 heterocycles.